The zero-order valence-electron chi connectivity index (χ0n) is 28.8. The molecule has 0 unspecified atom stereocenters. The first-order chi connectivity index (χ1) is 26.7. The zero-order valence-corrected chi connectivity index (χ0v) is 28.8. The van der Waals surface area contributed by atoms with E-state index in [2.05, 4.69) is 142 Å². The molecule has 54 heavy (non-hydrogen) atoms. The van der Waals surface area contributed by atoms with Crippen molar-refractivity contribution < 1.29 is 0 Å². The molecular formula is C48H28N6. The molecule has 250 valence electrons. The number of nitrogens with zero attached hydrogens (tertiary/aromatic N) is 6. The summed E-state index contributed by atoms with van der Waals surface area (Å²) in [6.07, 6.45) is 7.36. The average Bonchev–Trinajstić information content (AvgIpc) is 3.25. The lowest BCUT2D eigenvalue weighted by molar-refractivity contribution is 1.36. The molecule has 0 fully saturated rings. The highest BCUT2D eigenvalue weighted by atomic mass is 14.7. The minimum absolute atomic E-state index is 0.886. The number of pyridine rings is 6. The van der Waals surface area contributed by atoms with Gasteiger partial charge in [0.1, 0.15) is 0 Å². The lowest BCUT2D eigenvalue weighted by atomic mass is 9.98. The summed E-state index contributed by atoms with van der Waals surface area (Å²) in [7, 11) is 0. The Labute approximate surface area is 309 Å². The number of hydrogen-bond donors (Lipinski definition) is 0. The summed E-state index contributed by atoms with van der Waals surface area (Å²) in [4.78, 5) is 28.8. The van der Waals surface area contributed by atoms with E-state index in [1.165, 1.54) is 0 Å². The van der Waals surface area contributed by atoms with Crippen molar-refractivity contribution in [1.82, 2.24) is 29.9 Å². The van der Waals surface area contributed by atoms with Gasteiger partial charge in [-0.3, -0.25) is 19.9 Å². The number of benzene rings is 5. The van der Waals surface area contributed by atoms with E-state index >= 15 is 0 Å². The van der Waals surface area contributed by atoms with Crippen LogP contribution in [0.15, 0.2) is 170 Å². The summed E-state index contributed by atoms with van der Waals surface area (Å²) in [5.74, 6) is 0. The second-order valence-electron chi connectivity index (χ2n) is 13.6. The van der Waals surface area contributed by atoms with Gasteiger partial charge in [0, 0.05) is 68.2 Å². The van der Waals surface area contributed by atoms with Crippen LogP contribution in [-0.4, -0.2) is 29.9 Å². The topological polar surface area (TPSA) is 77.3 Å². The van der Waals surface area contributed by atoms with E-state index in [0.717, 1.165) is 110 Å². The van der Waals surface area contributed by atoms with Crippen molar-refractivity contribution in [2.45, 2.75) is 0 Å². The Morgan fingerprint density at radius 1 is 0.296 bits per heavy atom. The Hall–Kier alpha value is -7.44. The van der Waals surface area contributed by atoms with Crippen molar-refractivity contribution >= 4 is 65.4 Å². The molecule has 6 aromatic heterocycles. The quantitative estimate of drug-likeness (QED) is 0.171. The molecular weight excluding hydrogens is 661 g/mol. The van der Waals surface area contributed by atoms with Crippen LogP contribution in [0.4, 0.5) is 0 Å². The van der Waals surface area contributed by atoms with Gasteiger partial charge in [-0.1, -0.05) is 91.0 Å². The monoisotopic (exact) mass is 688 g/mol. The molecule has 11 rings (SSSR count). The first-order valence-electron chi connectivity index (χ1n) is 17.9. The number of rotatable bonds is 4. The van der Waals surface area contributed by atoms with Crippen LogP contribution in [0.25, 0.3) is 110 Å². The number of aromatic nitrogens is 6. The third kappa shape index (κ3) is 4.96. The normalized spacial score (nSPS) is 11.7. The molecule has 0 amide bonds. The maximum Gasteiger partial charge on any atom is 0.0971 e. The van der Waals surface area contributed by atoms with Gasteiger partial charge in [0.25, 0.3) is 0 Å². The summed E-state index contributed by atoms with van der Waals surface area (Å²) in [5.41, 5.74) is 14.0. The fraction of sp³-hybridized carbons (Fsp3) is 0. The Morgan fingerprint density at radius 3 is 1.59 bits per heavy atom. The molecule has 0 atom stereocenters. The fourth-order valence-corrected chi connectivity index (χ4v) is 7.72. The molecule has 11 aromatic rings. The van der Waals surface area contributed by atoms with E-state index in [0.29, 0.717) is 0 Å². The average molecular weight is 689 g/mol. The Bertz CT molecular complexity index is 3280. The smallest absolute Gasteiger partial charge is 0.0971 e. The van der Waals surface area contributed by atoms with Crippen molar-refractivity contribution in [3.63, 3.8) is 0 Å². The standard InChI is InChI=1S/C48H28N6/c1-3-32-11-16-39-37(21-25-51-47(39)45(32)49-23-1)29-5-7-30(8-6-29)41-19-15-36-27-34(14-18-42(36)53-41)35-10-9-31-13-20-43(54-44(31)28-35)38-22-26-52-48-40(38)17-12-33-4-2-24-50-46(33)48/h1-28H. The van der Waals surface area contributed by atoms with Crippen LogP contribution in [0.5, 0.6) is 0 Å². The Balaban J connectivity index is 0.902. The molecule has 0 saturated carbocycles. The fourth-order valence-electron chi connectivity index (χ4n) is 7.72. The van der Waals surface area contributed by atoms with Gasteiger partial charge in [0.2, 0.25) is 0 Å². The number of hydrogen-bond acceptors (Lipinski definition) is 6. The van der Waals surface area contributed by atoms with Gasteiger partial charge in [0.05, 0.1) is 44.5 Å². The lowest BCUT2D eigenvalue weighted by Crippen LogP contribution is -1.91. The highest BCUT2D eigenvalue weighted by molar-refractivity contribution is 6.09. The summed E-state index contributed by atoms with van der Waals surface area (Å²) < 4.78 is 0. The molecule has 0 N–H and O–H groups in total. The third-order valence-corrected chi connectivity index (χ3v) is 10.4. The van der Waals surface area contributed by atoms with Gasteiger partial charge in [-0.2, -0.15) is 0 Å². The second-order valence-corrected chi connectivity index (χ2v) is 13.6. The van der Waals surface area contributed by atoms with Crippen LogP contribution in [0.2, 0.25) is 0 Å². The predicted molar refractivity (Wildman–Crippen MR) is 220 cm³/mol. The van der Waals surface area contributed by atoms with Gasteiger partial charge < -0.3 is 0 Å². The second kappa shape index (κ2) is 12.1. The predicted octanol–water partition coefficient (Wildman–Crippen LogP) is 11.6. The molecule has 0 aliphatic rings. The minimum Gasteiger partial charge on any atom is -0.254 e. The summed E-state index contributed by atoms with van der Waals surface area (Å²) in [6.45, 7) is 0. The van der Waals surface area contributed by atoms with E-state index in [4.69, 9.17) is 15.0 Å². The highest BCUT2D eigenvalue weighted by Crippen LogP contribution is 2.35. The minimum atomic E-state index is 0.886. The van der Waals surface area contributed by atoms with Gasteiger partial charge in [0.15, 0.2) is 0 Å². The van der Waals surface area contributed by atoms with Crippen molar-refractivity contribution in [2.24, 2.45) is 0 Å². The van der Waals surface area contributed by atoms with E-state index in [1.807, 2.05) is 43.0 Å². The van der Waals surface area contributed by atoms with Crippen molar-refractivity contribution in [2.75, 3.05) is 0 Å². The van der Waals surface area contributed by atoms with E-state index in [1.54, 1.807) is 0 Å². The zero-order chi connectivity index (χ0) is 35.6. The largest absolute Gasteiger partial charge is 0.254 e. The lowest BCUT2D eigenvalue weighted by Gasteiger charge is -2.10. The van der Waals surface area contributed by atoms with E-state index in [-0.39, 0.29) is 0 Å². The van der Waals surface area contributed by atoms with Crippen LogP contribution < -0.4 is 0 Å². The van der Waals surface area contributed by atoms with Gasteiger partial charge in [-0.05, 0) is 76.9 Å². The third-order valence-electron chi connectivity index (χ3n) is 10.4. The van der Waals surface area contributed by atoms with Crippen molar-refractivity contribution in [3.05, 3.63) is 170 Å². The van der Waals surface area contributed by atoms with Crippen LogP contribution in [0, 0.1) is 0 Å². The summed E-state index contributed by atoms with van der Waals surface area (Å²) in [5, 5.41) is 6.47. The Kier molecular flexibility index (Phi) is 6.75. The maximum atomic E-state index is 5.16. The van der Waals surface area contributed by atoms with Gasteiger partial charge in [-0.15, -0.1) is 0 Å². The van der Waals surface area contributed by atoms with Crippen molar-refractivity contribution in [3.8, 4) is 44.8 Å². The molecule has 6 heterocycles. The number of fused-ring (bicyclic) bond motifs is 8. The van der Waals surface area contributed by atoms with Crippen LogP contribution in [0.1, 0.15) is 0 Å². The van der Waals surface area contributed by atoms with Gasteiger partial charge >= 0.3 is 0 Å². The Morgan fingerprint density at radius 2 is 0.833 bits per heavy atom. The molecule has 0 radical (unpaired) electrons. The van der Waals surface area contributed by atoms with Gasteiger partial charge in [-0.25, -0.2) is 9.97 Å². The van der Waals surface area contributed by atoms with E-state index < -0.39 is 0 Å². The SMILES string of the molecule is c1cnc2c(c1)ccc1c(-c3ccc(-c4ccc5cc(-c6ccc7ccc(-c8ccnc9c8ccc8cccnc89)nc7c6)ccc5n4)cc3)ccnc12. The molecule has 0 bridgehead atoms. The molecule has 0 aliphatic heterocycles. The van der Waals surface area contributed by atoms with Crippen LogP contribution >= 0.6 is 0 Å². The van der Waals surface area contributed by atoms with Crippen LogP contribution in [0.3, 0.4) is 0 Å². The molecule has 6 heteroatoms. The van der Waals surface area contributed by atoms with Crippen LogP contribution in [-0.2, 0) is 0 Å². The van der Waals surface area contributed by atoms with E-state index in [9.17, 15) is 0 Å². The highest BCUT2D eigenvalue weighted by Gasteiger charge is 2.13. The molecule has 0 spiro atoms. The summed E-state index contributed by atoms with van der Waals surface area (Å²) in [6, 6.07) is 50.7. The summed E-state index contributed by atoms with van der Waals surface area (Å²) >= 11 is 0. The molecule has 0 saturated heterocycles. The molecule has 6 nitrogen and oxygen atoms in total. The molecule has 0 aliphatic carbocycles. The first-order valence-corrected chi connectivity index (χ1v) is 17.9. The molecule has 5 aromatic carbocycles. The van der Waals surface area contributed by atoms with Crippen molar-refractivity contribution in [1.29, 1.82) is 0 Å². The maximum absolute atomic E-state index is 5.16. The first kappa shape index (κ1) is 30.2.